The Labute approximate surface area is 236 Å². The lowest BCUT2D eigenvalue weighted by Crippen LogP contribution is -2.67. The molecule has 0 saturated carbocycles. The van der Waals surface area contributed by atoms with Gasteiger partial charge in [0.1, 0.15) is 8.07 Å². The first kappa shape index (κ1) is 25.8. The van der Waals surface area contributed by atoms with Crippen molar-refractivity contribution in [1.29, 1.82) is 0 Å². The summed E-state index contributed by atoms with van der Waals surface area (Å²) >= 11 is 0. The average molecular weight is 525 g/mol. The maximum atomic E-state index is 2.53. The van der Waals surface area contributed by atoms with Crippen molar-refractivity contribution in [3.05, 3.63) is 142 Å². The highest BCUT2D eigenvalue weighted by molar-refractivity contribution is 7.05. The van der Waals surface area contributed by atoms with Crippen molar-refractivity contribution in [3.8, 4) is 0 Å². The molecule has 0 bridgehead atoms. The molecule has 0 aromatic heterocycles. The summed E-state index contributed by atoms with van der Waals surface area (Å²) < 4.78 is 0. The maximum absolute atomic E-state index is 2.56. The number of fused-ring (bicyclic) bond motifs is 2. The second-order valence-electron chi connectivity index (χ2n) is 12.3. The summed E-state index contributed by atoms with van der Waals surface area (Å²) in [6, 6.07) is 37.3. The number of hydrogen-bond donors (Lipinski definition) is 0. The predicted octanol–water partition coefficient (Wildman–Crippen LogP) is 8.98. The molecular weight excluding hydrogens is 485 g/mol. The van der Waals surface area contributed by atoms with E-state index in [1.54, 1.807) is 0 Å². The van der Waals surface area contributed by atoms with Crippen LogP contribution in [0.3, 0.4) is 0 Å². The van der Waals surface area contributed by atoms with Crippen molar-refractivity contribution in [1.82, 2.24) is 0 Å². The number of rotatable bonds is 6. The van der Waals surface area contributed by atoms with Crippen molar-refractivity contribution in [2.45, 2.75) is 64.5 Å². The second kappa shape index (κ2) is 9.95. The highest BCUT2D eigenvalue weighted by atomic mass is 28.3. The molecule has 2 atom stereocenters. The van der Waals surface area contributed by atoms with Crippen molar-refractivity contribution in [2.24, 2.45) is 0 Å². The molecule has 2 aliphatic rings. The standard InChI is InChI=1S/C38H40Si/c1-25(2)31-19-13-21-33-35(31)23-27(5)37(33)39(29-15-9-7-10-16-29,30-17-11-8-12-18-30)38-28(6)24-36-32(26(3)4)20-14-22-34(36)38/h7-26,37-38H,1-6H3. The maximum Gasteiger partial charge on any atom is 0.140 e. The zero-order valence-electron chi connectivity index (χ0n) is 24.2. The SMILES string of the molecule is CC1=Cc2c(C(C)C)cccc2C1[Si](c1ccccc1)(c1ccccc1)C1C(C)=Cc2c(C(C)C)cccc21. The fourth-order valence-corrected chi connectivity index (χ4v) is 14.4. The highest BCUT2D eigenvalue weighted by Crippen LogP contribution is 2.53. The van der Waals surface area contributed by atoms with Crippen LogP contribution in [0.2, 0.25) is 0 Å². The predicted molar refractivity (Wildman–Crippen MR) is 172 cm³/mol. The van der Waals surface area contributed by atoms with Gasteiger partial charge in [-0.3, -0.25) is 0 Å². The zero-order chi connectivity index (χ0) is 27.3. The van der Waals surface area contributed by atoms with Crippen LogP contribution >= 0.6 is 0 Å². The zero-order valence-corrected chi connectivity index (χ0v) is 25.2. The van der Waals surface area contributed by atoms with Gasteiger partial charge in [-0.1, -0.05) is 158 Å². The van der Waals surface area contributed by atoms with Gasteiger partial charge in [0.15, 0.2) is 0 Å². The number of allylic oxidation sites excluding steroid dienone is 2. The van der Waals surface area contributed by atoms with Gasteiger partial charge in [0, 0.05) is 11.1 Å². The first-order valence-corrected chi connectivity index (χ1v) is 16.7. The Morgan fingerprint density at radius 2 is 0.872 bits per heavy atom. The van der Waals surface area contributed by atoms with Gasteiger partial charge in [-0.15, -0.1) is 0 Å². The first-order chi connectivity index (χ1) is 18.9. The Bertz CT molecular complexity index is 1450. The van der Waals surface area contributed by atoms with E-state index in [0.29, 0.717) is 22.9 Å². The summed E-state index contributed by atoms with van der Waals surface area (Å²) in [6.45, 7) is 14.1. The van der Waals surface area contributed by atoms with Crippen molar-refractivity contribution < 1.29 is 0 Å². The molecule has 0 aliphatic heterocycles. The van der Waals surface area contributed by atoms with Gasteiger partial charge in [0.2, 0.25) is 0 Å². The van der Waals surface area contributed by atoms with Gasteiger partial charge in [-0.05, 0) is 59.1 Å². The normalized spacial score (nSPS) is 18.3. The minimum absolute atomic E-state index is 0.359. The van der Waals surface area contributed by atoms with E-state index in [1.807, 2.05) is 0 Å². The first-order valence-electron chi connectivity index (χ1n) is 14.6. The van der Waals surface area contributed by atoms with Gasteiger partial charge < -0.3 is 0 Å². The van der Waals surface area contributed by atoms with Crippen LogP contribution in [0.5, 0.6) is 0 Å². The molecule has 1 heteroatoms. The van der Waals surface area contributed by atoms with Gasteiger partial charge in [0.05, 0.1) is 0 Å². The van der Waals surface area contributed by atoms with Crippen molar-refractivity contribution in [3.63, 3.8) is 0 Å². The van der Waals surface area contributed by atoms with Crippen LogP contribution in [-0.4, -0.2) is 8.07 Å². The molecule has 2 aliphatic carbocycles. The molecule has 4 aromatic carbocycles. The van der Waals surface area contributed by atoms with Crippen LogP contribution in [0, 0.1) is 0 Å². The lowest BCUT2D eigenvalue weighted by atomic mass is 9.95. The van der Waals surface area contributed by atoms with Crippen LogP contribution < -0.4 is 10.4 Å². The third kappa shape index (κ3) is 3.93. The largest absolute Gasteiger partial charge is 0.140 e. The van der Waals surface area contributed by atoms with Gasteiger partial charge >= 0.3 is 0 Å². The van der Waals surface area contributed by atoms with Crippen molar-refractivity contribution in [2.75, 3.05) is 0 Å². The van der Waals surface area contributed by atoms with Gasteiger partial charge in [-0.25, -0.2) is 0 Å². The molecule has 196 valence electrons. The molecule has 0 nitrogen and oxygen atoms in total. The monoisotopic (exact) mass is 524 g/mol. The fraction of sp³-hybridized carbons (Fsp3) is 0.263. The third-order valence-corrected chi connectivity index (χ3v) is 15.2. The van der Waals surface area contributed by atoms with E-state index in [2.05, 4.69) is 151 Å². The molecule has 0 heterocycles. The summed E-state index contributed by atoms with van der Waals surface area (Å²) in [5, 5.41) is 3.05. The molecule has 0 N–H and O–H groups in total. The van der Waals surface area contributed by atoms with Gasteiger partial charge in [-0.2, -0.15) is 0 Å². The Morgan fingerprint density at radius 3 is 1.23 bits per heavy atom. The van der Waals surface area contributed by atoms with Crippen LogP contribution in [0.25, 0.3) is 12.2 Å². The minimum Gasteiger partial charge on any atom is -0.0672 e. The summed E-state index contributed by atoms with van der Waals surface area (Å²) in [7, 11) is -2.56. The lowest BCUT2D eigenvalue weighted by Gasteiger charge is -2.45. The topological polar surface area (TPSA) is 0 Å². The quantitative estimate of drug-likeness (QED) is 0.221. The van der Waals surface area contributed by atoms with E-state index < -0.39 is 8.07 Å². The number of hydrogen-bond acceptors (Lipinski definition) is 0. The second-order valence-corrected chi connectivity index (χ2v) is 16.3. The van der Waals surface area contributed by atoms with Crippen LogP contribution in [0.1, 0.15) is 97.8 Å². The Hall–Kier alpha value is -3.42. The van der Waals surface area contributed by atoms with E-state index in [0.717, 1.165) is 0 Å². The Balaban J connectivity index is 1.74. The number of benzene rings is 4. The minimum atomic E-state index is -2.56. The van der Waals surface area contributed by atoms with E-state index in [9.17, 15) is 0 Å². The molecule has 0 fully saturated rings. The molecule has 0 spiro atoms. The molecule has 4 aromatic rings. The van der Waals surface area contributed by atoms with E-state index in [1.165, 1.54) is 54.9 Å². The highest BCUT2D eigenvalue weighted by Gasteiger charge is 2.55. The molecule has 0 amide bonds. The van der Waals surface area contributed by atoms with Crippen LogP contribution in [0.15, 0.2) is 108 Å². The van der Waals surface area contributed by atoms with Crippen molar-refractivity contribution >= 4 is 30.6 Å². The smallest absolute Gasteiger partial charge is 0.0672 e. The third-order valence-electron chi connectivity index (χ3n) is 9.28. The summed E-state index contributed by atoms with van der Waals surface area (Å²) in [5.74, 6) is 0.990. The summed E-state index contributed by atoms with van der Waals surface area (Å²) in [6.07, 6.45) is 5.06. The summed E-state index contributed by atoms with van der Waals surface area (Å²) in [4.78, 5) is 0. The van der Waals surface area contributed by atoms with Gasteiger partial charge in [0.25, 0.3) is 0 Å². The molecule has 0 saturated heterocycles. The fourth-order valence-electron chi connectivity index (χ4n) is 7.80. The summed E-state index contributed by atoms with van der Waals surface area (Å²) in [5.41, 5.74) is 12.7. The van der Waals surface area contributed by atoms with E-state index in [-0.39, 0.29) is 0 Å². The lowest BCUT2D eigenvalue weighted by molar-refractivity contribution is 0.858. The average Bonchev–Trinajstić information content (AvgIpc) is 3.46. The molecule has 39 heavy (non-hydrogen) atoms. The van der Waals surface area contributed by atoms with Crippen LogP contribution in [0.4, 0.5) is 0 Å². The van der Waals surface area contributed by atoms with Crippen LogP contribution in [-0.2, 0) is 0 Å². The van der Waals surface area contributed by atoms with E-state index >= 15 is 0 Å². The molecular formula is C38H40Si. The molecule has 2 unspecified atom stereocenters. The molecule has 0 radical (unpaired) electrons. The molecule has 6 rings (SSSR count). The van der Waals surface area contributed by atoms with E-state index in [4.69, 9.17) is 0 Å². The Morgan fingerprint density at radius 1 is 0.487 bits per heavy atom. The Kier molecular flexibility index (Phi) is 6.59.